The Hall–Kier alpha value is -3.55. The van der Waals surface area contributed by atoms with Crippen molar-refractivity contribution < 1.29 is 27.4 Å². The number of pyridine rings is 1. The van der Waals surface area contributed by atoms with Crippen LogP contribution in [0.3, 0.4) is 0 Å². The lowest BCUT2D eigenvalue weighted by molar-refractivity contribution is -0.137. The number of carbonyl (C=O) groups excluding carboxylic acids is 1. The number of amides is 1. The molecular formula is C21H17F3N2O3. The summed E-state index contributed by atoms with van der Waals surface area (Å²) in [7, 11) is 1.49. The van der Waals surface area contributed by atoms with E-state index in [9.17, 15) is 18.0 Å². The summed E-state index contributed by atoms with van der Waals surface area (Å²) in [4.78, 5) is 16.4. The number of nitrogens with zero attached hydrogens (tertiary/aromatic N) is 1. The Balaban J connectivity index is 1.72. The molecule has 3 rings (SSSR count). The summed E-state index contributed by atoms with van der Waals surface area (Å²) < 4.78 is 49.0. The second-order valence-electron chi connectivity index (χ2n) is 6.04. The molecule has 0 unspecified atom stereocenters. The van der Waals surface area contributed by atoms with Gasteiger partial charge >= 0.3 is 6.18 Å². The highest BCUT2D eigenvalue weighted by atomic mass is 19.4. The monoisotopic (exact) mass is 402 g/mol. The lowest BCUT2D eigenvalue weighted by Gasteiger charge is -2.13. The molecule has 8 heteroatoms. The summed E-state index contributed by atoms with van der Waals surface area (Å²) in [6.07, 6.45) is -1.13. The molecule has 5 nitrogen and oxygen atoms in total. The fourth-order valence-electron chi connectivity index (χ4n) is 2.53. The number of halogens is 3. The van der Waals surface area contributed by atoms with E-state index in [1.54, 1.807) is 36.7 Å². The van der Waals surface area contributed by atoms with E-state index in [0.717, 1.165) is 29.8 Å². The van der Waals surface area contributed by atoms with E-state index in [4.69, 9.17) is 9.47 Å². The minimum absolute atomic E-state index is 0.103. The van der Waals surface area contributed by atoms with Gasteiger partial charge in [-0.15, -0.1) is 0 Å². The number of carbonyl (C=O) groups is 1. The Bertz CT molecular complexity index is 975. The number of benzene rings is 2. The maximum Gasteiger partial charge on any atom is 0.416 e. The van der Waals surface area contributed by atoms with Crippen LogP contribution in [0, 0.1) is 0 Å². The van der Waals surface area contributed by atoms with Gasteiger partial charge in [-0.25, -0.2) is 0 Å². The molecule has 150 valence electrons. The van der Waals surface area contributed by atoms with Crippen LogP contribution in [0.1, 0.15) is 21.5 Å². The van der Waals surface area contributed by atoms with Crippen molar-refractivity contribution in [1.82, 2.24) is 4.98 Å². The highest BCUT2D eigenvalue weighted by molar-refractivity contribution is 6.04. The number of anilines is 1. The van der Waals surface area contributed by atoms with E-state index < -0.39 is 17.6 Å². The summed E-state index contributed by atoms with van der Waals surface area (Å²) in [6.45, 7) is 0.251. The van der Waals surface area contributed by atoms with Crippen molar-refractivity contribution in [3.05, 3.63) is 83.7 Å². The first-order chi connectivity index (χ1) is 13.9. The van der Waals surface area contributed by atoms with Crippen LogP contribution in [0.25, 0.3) is 0 Å². The minimum atomic E-state index is -4.45. The van der Waals surface area contributed by atoms with E-state index in [-0.39, 0.29) is 12.2 Å². The molecule has 0 spiro atoms. The van der Waals surface area contributed by atoms with Crippen molar-refractivity contribution in [2.24, 2.45) is 0 Å². The lowest BCUT2D eigenvalue weighted by atomic mass is 10.1. The van der Waals surface area contributed by atoms with E-state index in [0.29, 0.717) is 17.2 Å². The van der Waals surface area contributed by atoms with Gasteiger partial charge in [-0.05, 0) is 42.5 Å². The molecule has 0 aliphatic heterocycles. The molecule has 0 aliphatic carbocycles. The maximum absolute atomic E-state index is 12.6. The summed E-state index contributed by atoms with van der Waals surface area (Å²) in [5.74, 6) is 0.338. The molecule has 2 aromatic carbocycles. The van der Waals surface area contributed by atoms with Gasteiger partial charge < -0.3 is 14.8 Å². The number of hydrogen-bond acceptors (Lipinski definition) is 4. The Labute approximate surface area is 165 Å². The number of alkyl halides is 3. The molecule has 0 saturated heterocycles. The Kier molecular flexibility index (Phi) is 6.01. The van der Waals surface area contributed by atoms with Gasteiger partial charge in [0, 0.05) is 35.3 Å². The van der Waals surface area contributed by atoms with Crippen LogP contribution in [0.2, 0.25) is 0 Å². The van der Waals surface area contributed by atoms with Crippen molar-refractivity contribution in [2.45, 2.75) is 12.8 Å². The van der Waals surface area contributed by atoms with Crippen molar-refractivity contribution in [2.75, 3.05) is 12.4 Å². The zero-order valence-electron chi connectivity index (χ0n) is 15.4. The highest BCUT2D eigenvalue weighted by Gasteiger charge is 2.30. The molecule has 0 saturated carbocycles. The van der Waals surface area contributed by atoms with Crippen LogP contribution >= 0.6 is 0 Å². The Morgan fingerprint density at radius 3 is 2.45 bits per heavy atom. The fourth-order valence-corrected chi connectivity index (χ4v) is 2.53. The molecule has 1 N–H and O–H groups in total. The molecule has 1 aromatic heterocycles. The molecule has 0 atom stereocenters. The molecule has 0 radical (unpaired) electrons. The summed E-state index contributed by atoms with van der Waals surface area (Å²) in [5.41, 5.74) is 0.557. The van der Waals surface area contributed by atoms with Gasteiger partial charge in [-0.1, -0.05) is 6.07 Å². The van der Waals surface area contributed by atoms with E-state index >= 15 is 0 Å². The average molecular weight is 402 g/mol. The minimum Gasteiger partial charge on any atom is -0.493 e. The van der Waals surface area contributed by atoms with Gasteiger partial charge in [0.25, 0.3) is 5.91 Å². The molecule has 0 bridgehead atoms. The van der Waals surface area contributed by atoms with Gasteiger partial charge in [-0.2, -0.15) is 13.2 Å². The van der Waals surface area contributed by atoms with Crippen LogP contribution in [0.5, 0.6) is 11.5 Å². The van der Waals surface area contributed by atoms with Crippen molar-refractivity contribution in [3.8, 4) is 11.5 Å². The maximum atomic E-state index is 12.6. The van der Waals surface area contributed by atoms with Crippen molar-refractivity contribution in [3.63, 3.8) is 0 Å². The second kappa shape index (κ2) is 8.64. The van der Waals surface area contributed by atoms with E-state index in [2.05, 4.69) is 10.3 Å². The molecule has 0 aliphatic rings. The lowest BCUT2D eigenvalue weighted by Crippen LogP contribution is -2.13. The van der Waals surface area contributed by atoms with Gasteiger partial charge in [0.15, 0.2) is 11.5 Å². The number of methoxy groups -OCH3 is 1. The van der Waals surface area contributed by atoms with Crippen LogP contribution < -0.4 is 14.8 Å². The third-order valence-corrected chi connectivity index (χ3v) is 4.01. The second-order valence-corrected chi connectivity index (χ2v) is 6.04. The Morgan fingerprint density at radius 2 is 1.83 bits per heavy atom. The number of nitrogens with one attached hydrogen (secondary N) is 1. The molecule has 3 aromatic rings. The highest BCUT2D eigenvalue weighted by Crippen LogP contribution is 2.32. The first-order valence-corrected chi connectivity index (χ1v) is 8.55. The third-order valence-electron chi connectivity index (χ3n) is 4.01. The Morgan fingerprint density at radius 1 is 1.07 bits per heavy atom. The number of hydrogen-bond donors (Lipinski definition) is 1. The van der Waals surface area contributed by atoms with Gasteiger partial charge in [-0.3, -0.25) is 9.78 Å². The van der Waals surface area contributed by atoms with Crippen molar-refractivity contribution >= 4 is 11.6 Å². The van der Waals surface area contributed by atoms with Gasteiger partial charge in [0.1, 0.15) is 6.61 Å². The average Bonchev–Trinajstić information content (AvgIpc) is 2.72. The summed E-state index contributed by atoms with van der Waals surface area (Å²) in [6, 6.07) is 12.4. The van der Waals surface area contributed by atoms with Crippen molar-refractivity contribution in [1.29, 1.82) is 0 Å². The first-order valence-electron chi connectivity index (χ1n) is 8.55. The number of ether oxygens (including phenoxy) is 2. The molecule has 0 fully saturated rings. The van der Waals surface area contributed by atoms with Gasteiger partial charge in [0.05, 0.1) is 12.7 Å². The smallest absolute Gasteiger partial charge is 0.416 e. The first kappa shape index (κ1) is 20.2. The summed E-state index contributed by atoms with van der Waals surface area (Å²) >= 11 is 0. The topological polar surface area (TPSA) is 60.5 Å². The molecule has 1 heterocycles. The van der Waals surface area contributed by atoms with Crippen LogP contribution in [-0.2, 0) is 12.8 Å². The van der Waals surface area contributed by atoms with Gasteiger partial charge in [0.2, 0.25) is 0 Å². The third kappa shape index (κ3) is 5.25. The molecular weight excluding hydrogens is 385 g/mol. The molecule has 1 amide bonds. The molecule has 29 heavy (non-hydrogen) atoms. The van der Waals surface area contributed by atoms with Crippen LogP contribution in [0.4, 0.5) is 18.9 Å². The standard InChI is InChI=1S/C21H17F3N2O3/c1-28-18-9-8-17(11-19(18)29-13-14-3-2-10-25-12-14)26-20(27)15-4-6-16(7-5-15)21(22,23)24/h2-12H,13H2,1H3,(H,26,27). The number of aromatic nitrogens is 1. The predicted octanol–water partition coefficient (Wildman–Crippen LogP) is 4.94. The van der Waals surface area contributed by atoms with Crippen LogP contribution in [-0.4, -0.2) is 18.0 Å². The van der Waals surface area contributed by atoms with Crippen LogP contribution in [0.15, 0.2) is 67.0 Å². The van der Waals surface area contributed by atoms with E-state index in [1.807, 2.05) is 6.07 Å². The summed E-state index contributed by atoms with van der Waals surface area (Å²) in [5, 5.41) is 2.64. The quantitative estimate of drug-likeness (QED) is 0.635. The largest absolute Gasteiger partial charge is 0.493 e. The fraction of sp³-hybridized carbons (Fsp3) is 0.143. The predicted molar refractivity (Wildman–Crippen MR) is 101 cm³/mol. The normalized spacial score (nSPS) is 11.0. The number of rotatable bonds is 6. The van der Waals surface area contributed by atoms with E-state index in [1.165, 1.54) is 7.11 Å². The zero-order valence-corrected chi connectivity index (χ0v) is 15.4. The zero-order chi connectivity index (χ0) is 20.9. The SMILES string of the molecule is COc1ccc(NC(=O)c2ccc(C(F)(F)F)cc2)cc1OCc1cccnc1.